The molecule has 3 aromatic carbocycles. The van der Waals surface area contributed by atoms with E-state index in [0.29, 0.717) is 16.5 Å². The Morgan fingerprint density at radius 3 is 1.96 bits per heavy atom. The Hall–Kier alpha value is -3.12. The molecule has 0 amide bonds. The molecule has 4 nitrogen and oxygen atoms in total. The summed E-state index contributed by atoms with van der Waals surface area (Å²) in [4.78, 5) is 0. The van der Waals surface area contributed by atoms with Crippen molar-refractivity contribution in [3.63, 3.8) is 0 Å². The standard InChI is InChI=1S/C21H15FN4S/c22-18-12-6-5-11-17(18)20-24-25-21(26(20)23)27-19-15-9-3-1-7-13(15)14-8-2-4-10-16(14)19/h1-12,19H,23H2. The number of hydrogen-bond acceptors (Lipinski definition) is 4. The van der Waals surface area contributed by atoms with Crippen LogP contribution < -0.4 is 5.84 Å². The van der Waals surface area contributed by atoms with Gasteiger partial charge >= 0.3 is 0 Å². The molecule has 0 saturated carbocycles. The number of nitrogens with zero attached hydrogens (tertiary/aromatic N) is 3. The average molecular weight is 374 g/mol. The molecule has 4 aromatic rings. The third-order valence-corrected chi connectivity index (χ3v) is 6.01. The van der Waals surface area contributed by atoms with Crippen LogP contribution in [0.25, 0.3) is 22.5 Å². The minimum Gasteiger partial charge on any atom is -0.335 e. The lowest BCUT2D eigenvalue weighted by molar-refractivity contribution is 0.629. The van der Waals surface area contributed by atoms with Crippen molar-refractivity contribution < 1.29 is 4.39 Å². The molecular weight excluding hydrogens is 359 g/mol. The predicted octanol–water partition coefficient (Wildman–Crippen LogP) is 4.66. The van der Waals surface area contributed by atoms with Crippen LogP contribution >= 0.6 is 11.8 Å². The van der Waals surface area contributed by atoms with Gasteiger partial charge in [-0.2, -0.15) is 0 Å². The van der Waals surface area contributed by atoms with Gasteiger partial charge in [-0.1, -0.05) is 72.4 Å². The normalized spacial score (nSPS) is 12.8. The summed E-state index contributed by atoms with van der Waals surface area (Å²) >= 11 is 1.53. The molecule has 5 rings (SSSR count). The number of nitrogens with two attached hydrogens (primary N) is 1. The molecule has 1 aliphatic carbocycles. The molecule has 1 aliphatic rings. The lowest BCUT2D eigenvalue weighted by atomic mass is 10.1. The number of benzene rings is 3. The highest BCUT2D eigenvalue weighted by Gasteiger charge is 2.30. The van der Waals surface area contributed by atoms with Gasteiger partial charge in [0, 0.05) is 0 Å². The number of thioether (sulfide) groups is 1. The van der Waals surface area contributed by atoms with Crippen LogP contribution in [-0.4, -0.2) is 14.9 Å². The minimum absolute atomic E-state index is 0.0670. The second kappa shape index (κ2) is 6.25. The molecule has 6 heteroatoms. The van der Waals surface area contributed by atoms with Crippen molar-refractivity contribution in [3.05, 3.63) is 89.7 Å². The maximum atomic E-state index is 14.1. The quantitative estimate of drug-likeness (QED) is 0.530. The predicted molar refractivity (Wildman–Crippen MR) is 105 cm³/mol. The van der Waals surface area contributed by atoms with Gasteiger partial charge in [0.2, 0.25) is 5.16 Å². The molecule has 0 saturated heterocycles. The Balaban J connectivity index is 1.56. The van der Waals surface area contributed by atoms with E-state index in [4.69, 9.17) is 5.84 Å². The largest absolute Gasteiger partial charge is 0.335 e. The van der Waals surface area contributed by atoms with Crippen LogP contribution in [-0.2, 0) is 0 Å². The van der Waals surface area contributed by atoms with E-state index in [1.54, 1.807) is 18.2 Å². The molecule has 0 spiro atoms. The number of fused-ring (bicyclic) bond motifs is 3. The van der Waals surface area contributed by atoms with Gasteiger partial charge < -0.3 is 5.84 Å². The van der Waals surface area contributed by atoms with Crippen molar-refractivity contribution in [1.29, 1.82) is 0 Å². The summed E-state index contributed by atoms with van der Waals surface area (Å²) in [6, 6.07) is 23.1. The van der Waals surface area contributed by atoms with E-state index in [9.17, 15) is 4.39 Å². The monoisotopic (exact) mass is 374 g/mol. The Morgan fingerprint density at radius 1 is 0.778 bits per heavy atom. The van der Waals surface area contributed by atoms with Crippen LogP contribution in [0, 0.1) is 5.82 Å². The third kappa shape index (κ3) is 2.52. The second-order valence-electron chi connectivity index (χ2n) is 6.33. The first kappa shape index (κ1) is 16.1. The molecule has 1 heterocycles. The fourth-order valence-electron chi connectivity index (χ4n) is 3.53. The van der Waals surface area contributed by atoms with Crippen LogP contribution in [0.4, 0.5) is 4.39 Å². The van der Waals surface area contributed by atoms with E-state index in [-0.39, 0.29) is 11.1 Å². The summed E-state index contributed by atoms with van der Waals surface area (Å²) in [6.07, 6.45) is 0. The minimum atomic E-state index is -0.371. The third-order valence-electron chi connectivity index (χ3n) is 4.78. The zero-order valence-electron chi connectivity index (χ0n) is 14.2. The van der Waals surface area contributed by atoms with E-state index in [0.717, 1.165) is 0 Å². The first-order valence-electron chi connectivity index (χ1n) is 8.54. The van der Waals surface area contributed by atoms with E-state index >= 15 is 0 Å². The SMILES string of the molecule is Nn1c(SC2c3ccccc3-c3ccccc32)nnc1-c1ccccc1F. The zero-order chi connectivity index (χ0) is 18.4. The zero-order valence-corrected chi connectivity index (χ0v) is 15.0. The maximum absolute atomic E-state index is 14.1. The summed E-state index contributed by atoms with van der Waals surface area (Å²) in [5.41, 5.74) is 5.23. The van der Waals surface area contributed by atoms with Crippen molar-refractivity contribution in [3.8, 4) is 22.5 Å². The Kier molecular flexibility index (Phi) is 3.72. The molecule has 0 fully saturated rings. The maximum Gasteiger partial charge on any atom is 0.211 e. The van der Waals surface area contributed by atoms with Crippen molar-refractivity contribution in [2.24, 2.45) is 0 Å². The molecule has 1 aromatic heterocycles. The number of halogens is 1. The van der Waals surface area contributed by atoms with Gasteiger partial charge in [-0.3, -0.25) is 0 Å². The van der Waals surface area contributed by atoms with Gasteiger partial charge in [0.25, 0.3) is 0 Å². The molecule has 0 radical (unpaired) electrons. The van der Waals surface area contributed by atoms with Crippen molar-refractivity contribution in [2.75, 3.05) is 5.84 Å². The van der Waals surface area contributed by atoms with E-state index in [1.807, 2.05) is 24.3 Å². The number of aromatic nitrogens is 3. The lowest BCUT2D eigenvalue weighted by Gasteiger charge is -2.12. The van der Waals surface area contributed by atoms with Gasteiger partial charge in [0.05, 0.1) is 10.8 Å². The highest BCUT2D eigenvalue weighted by molar-refractivity contribution is 7.99. The van der Waals surface area contributed by atoms with Crippen molar-refractivity contribution >= 4 is 11.8 Å². The van der Waals surface area contributed by atoms with Gasteiger partial charge in [-0.15, -0.1) is 10.2 Å². The molecule has 132 valence electrons. The first-order valence-corrected chi connectivity index (χ1v) is 9.42. The summed E-state index contributed by atoms with van der Waals surface area (Å²) in [5.74, 6) is 6.17. The fourth-order valence-corrected chi connectivity index (χ4v) is 4.69. The molecule has 0 bridgehead atoms. The summed E-state index contributed by atoms with van der Waals surface area (Å²) in [7, 11) is 0. The fraction of sp³-hybridized carbons (Fsp3) is 0.0476. The Morgan fingerprint density at radius 2 is 1.33 bits per heavy atom. The average Bonchev–Trinajstić information content (AvgIpc) is 3.22. The highest BCUT2D eigenvalue weighted by atomic mass is 32.2. The van der Waals surface area contributed by atoms with Gasteiger partial charge in [-0.25, -0.2) is 9.07 Å². The lowest BCUT2D eigenvalue weighted by Crippen LogP contribution is -2.12. The molecule has 2 N–H and O–H groups in total. The van der Waals surface area contributed by atoms with Crippen LogP contribution in [0.2, 0.25) is 0 Å². The van der Waals surface area contributed by atoms with Crippen molar-refractivity contribution in [2.45, 2.75) is 10.4 Å². The number of nitrogen functional groups attached to an aromatic ring is 1. The van der Waals surface area contributed by atoms with E-state index in [2.05, 4.69) is 34.5 Å². The number of hydrogen-bond donors (Lipinski definition) is 1. The van der Waals surface area contributed by atoms with Gasteiger partial charge in [-0.05, 0) is 34.4 Å². The number of rotatable bonds is 3. The van der Waals surface area contributed by atoms with Crippen molar-refractivity contribution in [1.82, 2.24) is 14.9 Å². The Labute approximate surface area is 159 Å². The van der Waals surface area contributed by atoms with Crippen LogP contribution in [0.3, 0.4) is 0 Å². The summed E-state index contributed by atoms with van der Waals surface area (Å²) < 4.78 is 15.5. The van der Waals surface area contributed by atoms with E-state index in [1.165, 1.54) is 44.8 Å². The van der Waals surface area contributed by atoms with E-state index < -0.39 is 0 Å². The first-order chi connectivity index (χ1) is 13.2. The molecular formula is C21H15FN4S. The van der Waals surface area contributed by atoms with Crippen LogP contribution in [0.5, 0.6) is 0 Å². The Bertz CT molecular complexity index is 1110. The topological polar surface area (TPSA) is 56.7 Å². The summed E-state index contributed by atoms with van der Waals surface area (Å²) in [5, 5.41) is 8.97. The molecule has 0 atom stereocenters. The van der Waals surface area contributed by atoms with Gasteiger partial charge in [0.1, 0.15) is 5.82 Å². The van der Waals surface area contributed by atoms with Crippen LogP contribution in [0.1, 0.15) is 16.4 Å². The molecule has 27 heavy (non-hydrogen) atoms. The van der Waals surface area contributed by atoms with Crippen LogP contribution in [0.15, 0.2) is 78.0 Å². The molecule has 0 aliphatic heterocycles. The molecule has 0 unspecified atom stereocenters. The van der Waals surface area contributed by atoms with Gasteiger partial charge in [0.15, 0.2) is 5.82 Å². The summed E-state index contributed by atoms with van der Waals surface area (Å²) in [6.45, 7) is 0. The second-order valence-corrected chi connectivity index (χ2v) is 7.40. The highest BCUT2D eigenvalue weighted by Crippen LogP contribution is 2.51. The smallest absolute Gasteiger partial charge is 0.211 e.